The Hall–Kier alpha value is -5.00. The van der Waals surface area contributed by atoms with Crippen LogP contribution in [0.3, 0.4) is 0 Å². The SMILES string of the molecule is Cn1c(=O)n(-c2ccc(N3CCNCC3)c(Cl)c2)c2c3cc(-c4cccnc4)ccc3ncc21.O=C(O)/C=C\C(=O)O. The summed E-state index contributed by atoms with van der Waals surface area (Å²) in [5.41, 5.74) is 6.02. The third-order valence-electron chi connectivity index (χ3n) is 6.89. The van der Waals surface area contributed by atoms with Crippen molar-refractivity contribution < 1.29 is 19.8 Å². The smallest absolute Gasteiger partial charge is 0.333 e. The van der Waals surface area contributed by atoms with E-state index in [1.54, 1.807) is 28.6 Å². The number of hydrogen-bond acceptors (Lipinski definition) is 7. The van der Waals surface area contributed by atoms with E-state index in [1.807, 2.05) is 48.7 Å². The van der Waals surface area contributed by atoms with Crippen molar-refractivity contribution >= 4 is 51.2 Å². The second-order valence-corrected chi connectivity index (χ2v) is 9.93. The average Bonchev–Trinajstić information content (AvgIpc) is 3.26. The summed E-state index contributed by atoms with van der Waals surface area (Å²) in [5.74, 6) is -2.51. The summed E-state index contributed by atoms with van der Waals surface area (Å²) < 4.78 is 3.37. The highest BCUT2D eigenvalue weighted by molar-refractivity contribution is 6.33. The van der Waals surface area contributed by atoms with Crippen molar-refractivity contribution in [3.05, 3.63) is 94.8 Å². The van der Waals surface area contributed by atoms with Crippen molar-refractivity contribution in [2.24, 2.45) is 7.05 Å². The number of rotatable bonds is 5. The van der Waals surface area contributed by atoms with Gasteiger partial charge in [0.05, 0.1) is 39.1 Å². The van der Waals surface area contributed by atoms with E-state index in [4.69, 9.17) is 21.8 Å². The normalized spacial score (nSPS) is 13.3. The Morgan fingerprint density at radius 3 is 2.36 bits per heavy atom. The maximum Gasteiger partial charge on any atom is 0.333 e. The fourth-order valence-electron chi connectivity index (χ4n) is 4.89. The van der Waals surface area contributed by atoms with Crippen LogP contribution in [0, 0.1) is 0 Å². The van der Waals surface area contributed by atoms with Crippen molar-refractivity contribution in [3.8, 4) is 16.8 Å². The van der Waals surface area contributed by atoms with Gasteiger partial charge in [-0.1, -0.05) is 23.7 Å². The van der Waals surface area contributed by atoms with E-state index in [0.29, 0.717) is 17.2 Å². The van der Waals surface area contributed by atoms with Gasteiger partial charge in [-0.25, -0.2) is 14.4 Å². The molecule has 0 unspecified atom stereocenters. The molecule has 1 saturated heterocycles. The number of imidazole rings is 1. The third-order valence-corrected chi connectivity index (χ3v) is 7.20. The van der Waals surface area contributed by atoms with Crippen LogP contribution in [0.2, 0.25) is 5.02 Å². The van der Waals surface area contributed by atoms with Gasteiger partial charge in [0, 0.05) is 68.7 Å². The van der Waals surface area contributed by atoms with Crippen LogP contribution in [0.5, 0.6) is 0 Å². The summed E-state index contributed by atoms with van der Waals surface area (Å²) in [4.78, 5) is 43.7. The molecule has 0 spiro atoms. The van der Waals surface area contributed by atoms with E-state index >= 15 is 0 Å². The Kier molecular flexibility index (Phi) is 8.32. The van der Waals surface area contributed by atoms with E-state index < -0.39 is 11.9 Å². The summed E-state index contributed by atoms with van der Waals surface area (Å²) in [7, 11) is 1.77. The molecular formula is C30H27ClN6O5. The molecule has 0 radical (unpaired) electrons. The molecule has 4 heterocycles. The van der Waals surface area contributed by atoms with Gasteiger partial charge in [0.1, 0.15) is 0 Å². The molecule has 1 aliphatic heterocycles. The van der Waals surface area contributed by atoms with E-state index in [2.05, 4.69) is 26.3 Å². The Bertz CT molecular complexity index is 1860. The van der Waals surface area contributed by atoms with Crippen molar-refractivity contribution in [2.75, 3.05) is 31.1 Å². The molecule has 3 aromatic heterocycles. The molecule has 0 bridgehead atoms. The minimum absolute atomic E-state index is 0.137. The fourth-order valence-corrected chi connectivity index (χ4v) is 5.18. The first kappa shape index (κ1) is 28.5. The zero-order valence-electron chi connectivity index (χ0n) is 22.6. The second-order valence-electron chi connectivity index (χ2n) is 9.53. The first-order valence-corrected chi connectivity index (χ1v) is 13.4. The molecule has 0 aliphatic carbocycles. The molecule has 1 aliphatic rings. The van der Waals surface area contributed by atoms with Crippen LogP contribution in [-0.4, -0.2) is 67.4 Å². The highest BCUT2D eigenvalue weighted by Crippen LogP contribution is 2.32. The number of nitrogens with one attached hydrogen (secondary N) is 1. The lowest BCUT2D eigenvalue weighted by Gasteiger charge is -2.30. The van der Waals surface area contributed by atoms with Crippen LogP contribution in [0.4, 0.5) is 5.69 Å². The maximum atomic E-state index is 13.4. The van der Waals surface area contributed by atoms with E-state index in [0.717, 1.165) is 70.6 Å². The predicted molar refractivity (Wildman–Crippen MR) is 162 cm³/mol. The molecule has 0 atom stereocenters. The number of carboxylic acid groups (broad SMARTS) is 2. The van der Waals surface area contributed by atoms with Gasteiger partial charge in [-0.3, -0.25) is 19.1 Å². The first-order chi connectivity index (χ1) is 20.2. The van der Waals surface area contributed by atoms with Gasteiger partial charge in [-0.05, 0) is 42.0 Å². The summed E-state index contributed by atoms with van der Waals surface area (Å²) in [6.07, 6.45) is 6.47. The molecule has 6 rings (SSSR count). The molecule has 3 N–H and O–H groups in total. The number of benzene rings is 2. The van der Waals surface area contributed by atoms with Crippen LogP contribution < -0.4 is 15.9 Å². The molecule has 42 heavy (non-hydrogen) atoms. The molecule has 12 heteroatoms. The Balaban J connectivity index is 0.000000390. The van der Waals surface area contributed by atoms with E-state index in [1.165, 1.54) is 0 Å². The van der Waals surface area contributed by atoms with Crippen LogP contribution in [0.1, 0.15) is 0 Å². The molecule has 0 amide bonds. The van der Waals surface area contributed by atoms with Crippen molar-refractivity contribution in [1.82, 2.24) is 24.4 Å². The number of halogens is 1. The van der Waals surface area contributed by atoms with Gasteiger partial charge in [0.15, 0.2) is 0 Å². The number of hydrogen-bond donors (Lipinski definition) is 3. The predicted octanol–water partition coefficient (Wildman–Crippen LogP) is 3.71. The number of aromatic nitrogens is 4. The van der Waals surface area contributed by atoms with Crippen molar-refractivity contribution in [3.63, 3.8) is 0 Å². The van der Waals surface area contributed by atoms with Gasteiger partial charge in [0.2, 0.25) is 0 Å². The van der Waals surface area contributed by atoms with Crippen LogP contribution in [0.15, 0.2) is 84.1 Å². The number of anilines is 1. The lowest BCUT2D eigenvalue weighted by molar-refractivity contribution is -0.134. The van der Waals surface area contributed by atoms with Crippen LogP contribution in [0.25, 0.3) is 38.8 Å². The van der Waals surface area contributed by atoms with Gasteiger partial charge >= 0.3 is 17.6 Å². The molecule has 1 fully saturated rings. The minimum atomic E-state index is -1.26. The molecule has 11 nitrogen and oxygen atoms in total. The Morgan fingerprint density at radius 2 is 1.71 bits per heavy atom. The highest BCUT2D eigenvalue weighted by Gasteiger charge is 2.19. The molecule has 0 saturated carbocycles. The number of carboxylic acids is 2. The third kappa shape index (κ3) is 5.87. The van der Waals surface area contributed by atoms with Crippen LogP contribution >= 0.6 is 11.6 Å². The van der Waals surface area contributed by atoms with Crippen molar-refractivity contribution in [2.45, 2.75) is 0 Å². The summed E-state index contributed by atoms with van der Waals surface area (Å²) in [6, 6.07) is 15.9. The molecular weight excluding hydrogens is 560 g/mol. The van der Waals surface area contributed by atoms with Crippen LogP contribution in [-0.2, 0) is 16.6 Å². The minimum Gasteiger partial charge on any atom is -0.478 e. The lowest BCUT2D eigenvalue weighted by atomic mass is 10.0. The molecule has 214 valence electrons. The zero-order valence-corrected chi connectivity index (χ0v) is 23.3. The number of carbonyl (C=O) groups is 2. The maximum absolute atomic E-state index is 13.4. The van der Waals surface area contributed by atoms with Gasteiger partial charge < -0.3 is 20.4 Å². The largest absolute Gasteiger partial charge is 0.478 e. The number of aliphatic carboxylic acids is 2. The Morgan fingerprint density at radius 1 is 0.976 bits per heavy atom. The highest BCUT2D eigenvalue weighted by atomic mass is 35.5. The van der Waals surface area contributed by atoms with Crippen molar-refractivity contribution in [1.29, 1.82) is 0 Å². The quantitative estimate of drug-likeness (QED) is 0.263. The monoisotopic (exact) mass is 586 g/mol. The van der Waals surface area contributed by atoms with Gasteiger partial charge in [-0.2, -0.15) is 0 Å². The average molecular weight is 587 g/mol. The zero-order chi connectivity index (χ0) is 29.8. The summed E-state index contributed by atoms with van der Waals surface area (Å²) >= 11 is 6.74. The number of nitrogens with zero attached hydrogens (tertiary/aromatic N) is 5. The number of fused-ring (bicyclic) bond motifs is 3. The fraction of sp³-hybridized carbons (Fsp3) is 0.167. The number of aryl methyl sites for hydroxylation is 1. The Labute approximate surface area is 244 Å². The number of pyridine rings is 2. The van der Waals surface area contributed by atoms with Gasteiger partial charge in [-0.15, -0.1) is 0 Å². The lowest BCUT2D eigenvalue weighted by Crippen LogP contribution is -2.43. The molecule has 5 aromatic rings. The topological polar surface area (TPSA) is 143 Å². The van der Waals surface area contributed by atoms with Gasteiger partial charge in [0.25, 0.3) is 0 Å². The summed E-state index contributed by atoms with van der Waals surface area (Å²) in [5, 5.41) is 20.5. The van der Waals surface area contributed by atoms with E-state index in [9.17, 15) is 14.4 Å². The molecule has 2 aromatic carbocycles. The number of piperazine rings is 1. The first-order valence-electron chi connectivity index (χ1n) is 13.0. The second kappa shape index (κ2) is 12.2. The summed E-state index contributed by atoms with van der Waals surface area (Å²) in [6.45, 7) is 3.67. The van der Waals surface area contributed by atoms with E-state index in [-0.39, 0.29) is 5.69 Å². The standard InChI is InChI=1S/C26H23ClN6O.C4H4O4/c1-31-24-16-30-22-6-4-17(18-3-2-8-29-15-18)13-20(22)25(24)33(26(31)34)19-5-7-23(21(27)14-19)32-11-9-28-10-12-32;5-3(6)1-2-4(7)8/h2-8,13-16,28H,9-12H2,1H3;1-2H,(H,5,6)(H,7,8)/b;2-1-.